The lowest BCUT2D eigenvalue weighted by Gasteiger charge is -2.24. The van der Waals surface area contributed by atoms with Gasteiger partial charge >= 0.3 is 0 Å². The van der Waals surface area contributed by atoms with Gasteiger partial charge in [0, 0.05) is 38.8 Å². The Morgan fingerprint density at radius 1 is 1.28 bits per heavy atom. The molecule has 0 bridgehead atoms. The largest absolute Gasteiger partial charge is 0.383 e. The SMILES string of the molecule is COCC(C)NCCN1CCC(N2CCCC2)C1. The van der Waals surface area contributed by atoms with E-state index >= 15 is 0 Å². The lowest BCUT2D eigenvalue weighted by atomic mass is 10.2. The van der Waals surface area contributed by atoms with Gasteiger partial charge in [-0.05, 0) is 45.8 Å². The van der Waals surface area contributed by atoms with E-state index < -0.39 is 0 Å². The molecule has 2 heterocycles. The molecule has 0 spiro atoms. The molecule has 4 heteroatoms. The quantitative estimate of drug-likeness (QED) is 0.728. The van der Waals surface area contributed by atoms with Crippen LogP contribution in [0.15, 0.2) is 0 Å². The van der Waals surface area contributed by atoms with Crippen molar-refractivity contribution in [1.82, 2.24) is 15.1 Å². The first kappa shape index (κ1) is 14.3. The third kappa shape index (κ3) is 4.19. The van der Waals surface area contributed by atoms with Crippen LogP contribution in [0.5, 0.6) is 0 Å². The molecule has 0 aromatic heterocycles. The molecule has 18 heavy (non-hydrogen) atoms. The van der Waals surface area contributed by atoms with Gasteiger partial charge in [-0.25, -0.2) is 0 Å². The summed E-state index contributed by atoms with van der Waals surface area (Å²) < 4.78 is 5.13. The standard InChI is InChI=1S/C14H29N3O/c1-13(12-18-2)15-6-10-16-9-5-14(11-16)17-7-3-4-8-17/h13-15H,3-12H2,1-2H3. The van der Waals surface area contributed by atoms with E-state index in [2.05, 4.69) is 22.0 Å². The number of methoxy groups -OCH3 is 1. The van der Waals surface area contributed by atoms with Crippen LogP contribution < -0.4 is 5.32 Å². The Balaban J connectivity index is 1.58. The van der Waals surface area contributed by atoms with E-state index in [0.717, 1.165) is 19.2 Å². The van der Waals surface area contributed by atoms with Crippen molar-refractivity contribution in [2.45, 2.75) is 38.3 Å². The van der Waals surface area contributed by atoms with Gasteiger partial charge in [0.2, 0.25) is 0 Å². The van der Waals surface area contributed by atoms with Crippen LogP contribution in [0.25, 0.3) is 0 Å². The zero-order valence-corrected chi connectivity index (χ0v) is 12.0. The average molecular weight is 255 g/mol. The normalized spacial score (nSPS) is 28.0. The molecule has 0 radical (unpaired) electrons. The van der Waals surface area contributed by atoms with Crippen LogP contribution in [0.3, 0.4) is 0 Å². The van der Waals surface area contributed by atoms with Crippen LogP contribution in [-0.2, 0) is 4.74 Å². The zero-order valence-electron chi connectivity index (χ0n) is 12.0. The van der Waals surface area contributed by atoms with E-state index in [1.54, 1.807) is 7.11 Å². The second-order valence-corrected chi connectivity index (χ2v) is 5.80. The van der Waals surface area contributed by atoms with Crippen molar-refractivity contribution in [3.8, 4) is 0 Å². The highest BCUT2D eigenvalue weighted by Gasteiger charge is 2.28. The molecule has 0 aromatic rings. The topological polar surface area (TPSA) is 27.7 Å². The summed E-state index contributed by atoms with van der Waals surface area (Å²) in [6.45, 7) is 10.5. The van der Waals surface area contributed by atoms with Gasteiger partial charge < -0.3 is 15.0 Å². The van der Waals surface area contributed by atoms with Crippen molar-refractivity contribution in [3.05, 3.63) is 0 Å². The van der Waals surface area contributed by atoms with Gasteiger partial charge in [0.15, 0.2) is 0 Å². The van der Waals surface area contributed by atoms with E-state index in [0.29, 0.717) is 6.04 Å². The summed E-state index contributed by atoms with van der Waals surface area (Å²) in [5, 5.41) is 3.51. The molecular formula is C14H29N3O. The minimum absolute atomic E-state index is 0.465. The molecule has 4 nitrogen and oxygen atoms in total. The zero-order chi connectivity index (χ0) is 12.8. The lowest BCUT2D eigenvalue weighted by Crippen LogP contribution is -2.39. The molecule has 2 unspecified atom stereocenters. The Hall–Kier alpha value is -0.160. The van der Waals surface area contributed by atoms with Crippen molar-refractivity contribution >= 4 is 0 Å². The molecule has 2 saturated heterocycles. The Bertz CT molecular complexity index is 231. The Kier molecular flexibility index (Phi) is 5.89. The predicted octanol–water partition coefficient (Wildman–Crippen LogP) is 0.781. The fourth-order valence-corrected chi connectivity index (χ4v) is 3.20. The number of nitrogens with zero attached hydrogens (tertiary/aromatic N) is 2. The summed E-state index contributed by atoms with van der Waals surface area (Å²) in [6, 6.07) is 1.30. The highest BCUT2D eigenvalue weighted by molar-refractivity contribution is 4.85. The molecule has 106 valence electrons. The Morgan fingerprint density at radius 2 is 2.06 bits per heavy atom. The predicted molar refractivity (Wildman–Crippen MR) is 75.0 cm³/mol. The number of ether oxygens (including phenoxy) is 1. The first-order valence-corrected chi connectivity index (χ1v) is 7.48. The number of likely N-dealkylation sites (tertiary alicyclic amines) is 2. The summed E-state index contributed by atoms with van der Waals surface area (Å²) in [6.07, 6.45) is 4.19. The van der Waals surface area contributed by atoms with Gasteiger partial charge in [-0.3, -0.25) is 4.90 Å². The monoisotopic (exact) mass is 255 g/mol. The van der Waals surface area contributed by atoms with Gasteiger partial charge in [0.05, 0.1) is 6.61 Å². The summed E-state index contributed by atoms with van der Waals surface area (Å²) in [5.74, 6) is 0. The molecule has 2 aliphatic rings. The Morgan fingerprint density at radius 3 is 2.78 bits per heavy atom. The number of hydrogen-bond donors (Lipinski definition) is 1. The van der Waals surface area contributed by atoms with Crippen LogP contribution >= 0.6 is 0 Å². The van der Waals surface area contributed by atoms with Crippen molar-refractivity contribution in [2.75, 3.05) is 53.0 Å². The van der Waals surface area contributed by atoms with E-state index in [4.69, 9.17) is 4.74 Å². The van der Waals surface area contributed by atoms with Gasteiger partial charge in [0.1, 0.15) is 0 Å². The summed E-state index contributed by atoms with van der Waals surface area (Å²) >= 11 is 0. The smallest absolute Gasteiger partial charge is 0.0613 e. The molecule has 1 N–H and O–H groups in total. The summed E-state index contributed by atoms with van der Waals surface area (Å²) in [4.78, 5) is 5.30. The van der Waals surface area contributed by atoms with Crippen LogP contribution in [0, 0.1) is 0 Å². The molecular weight excluding hydrogens is 226 g/mol. The number of hydrogen-bond acceptors (Lipinski definition) is 4. The highest BCUT2D eigenvalue weighted by atomic mass is 16.5. The second kappa shape index (κ2) is 7.43. The summed E-state index contributed by atoms with van der Waals surface area (Å²) in [5.41, 5.74) is 0. The number of nitrogens with one attached hydrogen (secondary N) is 1. The molecule has 2 aliphatic heterocycles. The van der Waals surface area contributed by atoms with Crippen molar-refractivity contribution < 1.29 is 4.74 Å². The molecule has 2 atom stereocenters. The van der Waals surface area contributed by atoms with Gasteiger partial charge in [-0.1, -0.05) is 0 Å². The highest BCUT2D eigenvalue weighted by Crippen LogP contribution is 2.19. The first-order chi connectivity index (χ1) is 8.79. The molecule has 2 rings (SSSR count). The molecule has 0 saturated carbocycles. The van der Waals surface area contributed by atoms with Crippen LogP contribution in [-0.4, -0.2) is 74.9 Å². The van der Waals surface area contributed by atoms with Crippen molar-refractivity contribution in [2.24, 2.45) is 0 Å². The molecule has 0 aliphatic carbocycles. The second-order valence-electron chi connectivity index (χ2n) is 5.80. The van der Waals surface area contributed by atoms with Crippen molar-refractivity contribution in [3.63, 3.8) is 0 Å². The molecule has 0 amide bonds. The third-order valence-corrected chi connectivity index (χ3v) is 4.24. The minimum Gasteiger partial charge on any atom is -0.383 e. The molecule has 0 aromatic carbocycles. The van der Waals surface area contributed by atoms with Gasteiger partial charge in [-0.2, -0.15) is 0 Å². The third-order valence-electron chi connectivity index (χ3n) is 4.24. The lowest BCUT2D eigenvalue weighted by molar-refractivity contribution is 0.169. The molecule has 2 fully saturated rings. The van der Waals surface area contributed by atoms with Gasteiger partial charge in [-0.15, -0.1) is 0 Å². The van der Waals surface area contributed by atoms with E-state index in [1.807, 2.05) is 0 Å². The first-order valence-electron chi connectivity index (χ1n) is 7.48. The minimum atomic E-state index is 0.465. The van der Waals surface area contributed by atoms with Crippen LogP contribution in [0.4, 0.5) is 0 Å². The maximum Gasteiger partial charge on any atom is 0.0613 e. The van der Waals surface area contributed by atoms with Crippen LogP contribution in [0.2, 0.25) is 0 Å². The van der Waals surface area contributed by atoms with E-state index in [1.165, 1.54) is 52.0 Å². The maximum atomic E-state index is 5.13. The Labute approximate surface area is 112 Å². The fraction of sp³-hybridized carbons (Fsp3) is 1.00. The van der Waals surface area contributed by atoms with Crippen LogP contribution in [0.1, 0.15) is 26.2 Å². The fourth-order valence-electron chi connectivity index (χ4n) is 3.20. The summed E-state index contributed by atoms with van der Waals surface area (Å²) in [7, 11) is 1.76. The van der Waals surface area contributed by atoms with Gasteiger partial charge in [0.25, 0.3) is 0 Å². The van der Waals surface area contributed by atoms with E-state index in [9.17, 15) is 0 Å². The van der Waals surface area contributed by atoms with Crippen molar-refractivity contribution in [1.29, 1.82) is 0 Å². The van der Waals surface area contributed by atoms with E-state index in [-0.39, 0.29) is 0 Å². The average Bonchev–Trinajstić information content (AvgIpc) is 2.99. The number of rotatable bonds is 7. The maximum absolute atomic E-state index is 5.13.